The predicted octanol–water partition coefficient (Wildman–Crippen LogP) is 3.35. The van der Waals surface area contributed by atoms with E-state index in [9.17, 15) is 9.59 Å². The van der Waals surface area contributed by atoms with Crippen molar-refractivity contribution in [3.63, 3.8) is 0 Å². The summed E-state index contributed by atoms with van der Waals surface area (Å²) in [4.78, 5) is 23.0. The molecule has 1 saturated heterocycles. The highest BCUT2D eigenvalue weighted by molar-refractivity contribution is 5.92. The Morgan fingerprint density at radius 1 is 1.20 bits per heavy atom. The van der Waals surface area contributed by atoms with Gasteiger partial charge in [-0.1, -0.05) is 42.5 Å². The van der Waals surface area contributed by atoms with Gasteiger partial charge in [0.05, 0.1) is 6.04 Å². The van der Waals surface area contributed by atoms with E-state index in [0.717, 1.165) is 16.7 Å². The summed E-state index contributed by atoms with van der Waals surface area (Å²) in [7, 11) is 0. The van der Waals surface area contributed by atoms with Crippen LogP contribution in [0.2, 0.25) is 0 Å². The van der Waals surface area contributed by atoms with Crippen molar-refractivity contribution in [1.29, 1.82) is 0 Å². The fourth-order valence-corrected chi connectivity index (χ4v) is 2.62. The Morgan fingerprint density at radius 2 is 1.92 bits per heavy atom. The number of cyclic esters (lactones) is 1. The van der Waals surface area contributed by atoms with Gasteiger partial charge in [0.25, 0.3) is 0 Å². The van der Waals surface area contributed by atoms with Crippen molar-refractivity contribution in [3.05, 3.63) is 71.8 Å². The Kier molecular flexibility index (Phi) is 5.14. The predicted molar refractivity (Wildman–Crippen MR) is 94.1 cm³/mol. The Bertz CT molecular complexity index is 781. The van der Waals surface area contributed by atoms with E-state index in [1.54, 1.807) is 12.1 Å². The van der Waals surface area contributed by atoms with Crippen LogP contribution < -0.4 is 10.1 Å². The van der Waals surface area contributed by atoms with Crippen molar-refractivity contribution < 1.29 is 19.1 Å². The second kappa shape index (κ2) is 7.66. The monoisotopic (exact) mass is 337 g/mol. The zero-order valence-electron chi connectivity index (χ0n) is 13.9. The van der Waals surface area contributed by atoms with Crippen LogP contribution >= 0.6 is 0 Å². The number of hydrogen-bond acceptors (Lipinski definition) is 4. The minimum atomic E-state index is -0.412. The number of amides is 1. The number of alkyl carbamates (subject to hydrolysis) is 1. The van der Waals surface area contributed by atoms with Gasteiger partial charge in [-0.3, -0.25) is 0 Å². The molecule has 25 heavy (non-hydrogen) atoms. The van der Waals surface area contributed by atoms with Gasteiger partial charge in [-0.25, -0.2) is 9.59 Å². The molecule has 0 unspecified atom stereocenters. The molecule has 3 rings (SSSR count). The molecule has 1 fully saturated rings. The first-order valence-electron chi connectivity index (χ1n) is 8.08. The molecule has 5 heteroatoms. The largest absolute Gasteiger partial charge is 0.447 e. The molecule has 1 heterocycles. The molecule has 1 atom stereocenters. The van der Waals surface area contributed by atoms with Gasteiger partial charge in [0.2, 0.25) is 0 Å². The SMILES string of the molecule is C/C(=C/C(=O)Oc1ccc(C[C@H]2COC(=O)N2)cc1)c1ccccc1. The number of rotatable bonds is 5. The standard InChI is InChI=1S/C20H19NO4/c1-14(16-5-3-2-4-6-16)11-19(22)25-18-9-7-15(8-10-18)12-17-13-24-20(23)21-17/h2-11,17H,12-13H2,1H3,(H,21,23)/b14-11-/t17-/m0/s1. The summed E-state index contributed by atoms with van der Waals surface area (Å²) in [5.74, 6) is 0.0723. The summed E-state index contributed by atoms with van der Waals surface area (Å²) in [6, 6.07) is 16.9. The average Bonchev–Trinajstić information content (AvgIpc) is 3.02. The highest BCUT2D eigenvalue weighted by Gasteiger charge is 2.22. The van der Waals surface area contributed by atoms with Gasteiger partial charge in [0.1, 0.15) is 12.4 Å². The molecule has 0 spiro atoms. The normalized spacial score (nSPS) is 16.9. The third kappa shape index (κ3) is 4.70. The molecule has 0 saturated carbocycles. The van der Waals surface area contributed by atoms with E-state index >= 15 is 0 Å². The summed E-state index contributed by atoms with van der Waals surface area (Å²) in [5, 5.41) is 2.73. The molecule has 1 aliphatic heterocycles. The Balaban J connectivity index is 1.57. The summed E-state index contributed by atoms with van der Waals surface area (Å²) in [5.41, 5.74) is 2.86. The van der Waals surface area contributed by atoms with Gasteiger partial charge >= 0.3 is 12.1 Å². The van der Waals surface area contributed by atoms with Crippen LogP contribution in [0.4, 0.5) is 4.79 Å². The van der Waals surface area contributed by atoms with Gasteiger partial charge in [0.15, 0.2) is 0 Å². The molecule has 2 aromatic carbocycles. The van der Waals surface area contributed by atoms with Gasteiger partial charge < -0.3 is 14.8 Å². The number of nitrogens with one attached hydrogen (secondary N) is 1. The van der Waals surface area contributed by atoms with Gasteiger partial charge in [-0.05, 0) is 42.2 Å². The van der Waals surface area contributed by atoms with Crippen molar-refractivity contribution in [2.24, 2.45) is 0 Å². The lowest BCUT2D eigenvalue weighted by atomic mass is 10.1. The van der Waals surface area contributed by atoms with Crippen molar-refractivity contribution >= 4 is 17.6 Å². The summed E-state index contributed by atoms with van der Waals surface area (Å²) >= 11 is 0. The van der Waals surface area contributed by atoms with Crippen LogP contribution in [0.1, 0.15) is 18.1 Å². The Morgan fingerprint density at radius 3 is 2.56 bits per heavy atom. The number of allylic oxidation sites excluding steroid dienone is 1. The van der Waals surface area contributed by atoms with Crippen molar-refractivity contribution in [1.82, 2.24) is 5.32 Å². The smallest absolute Gasteiger partial charge is 0.407 e. The first-order chi connectivity index (χ1) is 12.1. The summed E-state index contributed by atoms with van der Waals surface area (Å²) in [6.45, 7) is 2.25. The van der Waals surface area contributed by atoms with E-state index in [1.165, 1.54) is 6.08 Å². The van der Waals surface area contributed by atoms with Crippen LogP contribution in [-0.2, 0) is 16.0 Å². The molecule has 0 aliphatic carbocycles. The van der Waals surface area contributed by atoms with Crippen molar-refractivity contribution in [2.75, 3.05) is 6.61 Å². The lowest BCUT2D eigenvalue weighted by Crippen LogP contribution is -2.28. The average molecular weight is 337 g/mol. The quantitative estimate of drug-likeness (QED) is 0.516. The molecular formula is C20H19NO4. The van der Waals surface area contributed by atoms with E-state index in [2.05, 4.69) is 5.32 Å². The molecule has 0 bridgehead atoms. The molecular weight excluding hydrogens is 318 g/mol. The van der Waals surface area contributed by atoms with Crippen LogP contribution in [0.5, 0.6) is 5.75 Å². The molecule has 2 aromatic rings. The first kappa shape index (κ1) is 16.8. The van der Waals surface area contributed by atoms with Crippen LogP contribution in [0, 0.1) is 0 Å². The van der Waals surface area contributed by atoms with E-state index in [4.69, 9.17) is 9.47 Å². The maximum absolute atomic E-state index is 12.0. The molecule has 5 nitrogen and oxygen atoms in total. The molecule has 1 amide bonds. The van der Waals surface area contributed by atoms with E-state index in [0.29, 0.717) is 18.8 Å². The van der Waals surface area contributed by atoms with Gasteiger partial charge in [0, 0.05) is 6.08 Å². The highest BCUT2D eigenvalue weighted by atomic mass is 16.6. The third-order valence-electron chi connectivity index (χ3n) is 3.92. The number of ether oxygens (including phenoxy) is 2. The number of carbonyl (C=O) groups excluding carboxylic acids is 2. The number of esters is 1. The highest BCUT2D eigenvalue weighted by Crippen LogP contribution is 2.17. The van der Waals surface area contributed by atoms with Gasteiger partial charge in [-0.2, -0.15) is 0 Å². The van der Waals surface area contributed by atoms with Crippen LogP contribution in [-0.4, -0.2) is 24.7 Å². The second-order valence-corrected chi connectivity index (χ2v) is 5.90. The van der Waals surface area contributed by atoms with E-state index < -0.39 is 5.97 Å². The van der Waals surface area contributed by atoms with Crippen molar-refractivity contribution in [2.45, 2.75) is 19.4 Å². The summed E-state index contributed by atoms with van der Waals surface area (Å²) < 4.78 is 10.2. The zero-order chi connectivity index (χ0) is 17.6. The van der Waals surface area contributed by atoms with Crippen LogP contribution in [0.15, 0.2) is 60.7 Å². The maximum atomic E-state index is 12.0. The first-order valence-corrected chi connectivity index (χ1v) is 8.08. The minimum absolute atomic E-state index is 0.0163. The van der Waals surface area contributed by atoms with E-state index in [-0.39, 0.29) is 12.1 Å². The van der Waals surface area contributed by atoms with Crippen LogP contribution in [0.25, 0.3) is 5.57 Å². The Hall–Kier alpha value is -3.08. The molecule has 1 aliphatic rings. The van der Waals surface area contributed by atoms with E-state index in [1.807, 2.05) is 49.4 Å². The minimum Gasteiger partial charge on any atom is -0.447 e. The topological polar surface area (TPSA) is 64.6 Å². The van der Waals surface area contributed by atoms with Crippen molar-refractivity contribution in [3.8, 4) is 5.75 Å². The molecule has 1 N–H and O–H groups in total. The summed E-state index contributed by atoms with van der Waals surface area (Å²) in [6.07, 6.45) is 1.78. The number of benzene rings is 2. The third-order valence-corrected chi connectivity index (χ3v) is 3.92. The molecule has 0 aromatic heterocycles. The zero-order valence-corrected chi connectivity index (χ0v) is 13.9. The lowest BCUT2D eigenvalue weighted by Gasteiger charge is -2.08. The fourth-order valence-electron chi connectivity index (χ4n) is 2.62. The Labute approximate surface area is 146 Å². The fraction of sp³-hybridized carbons (Fsp3) is 0.200. The number of hydrogen-bond donors (Lipinski definition) is 1. The van der Waals surface area contributed by atoms with Crippen LogP contribution in [0.3, 0.4) is 0 Å². The maximum Gasteiger partial charge on any atom is 0.407 e. The lowest BCUT2D eigenvalue weighted by molar-refractivity contribution is -0.128. The molecule has 0 radical (unpaired) electrons. The second-order valence-electron chi connectivity index (χ2n) is 5.90. The number of carbonyl (C=O) groups is 2. The molecule has 128 valence electrons. The van der Waals surface area contributed by atoms with Gasteiger partial charge in [-0.15, -0.1) is 0 Å².